The van der Waals surface area contributed by atoms with Crippen molar-refractivity contribution in [1.29, 1.82) is 0 Å². The predicted molar refractivity (Wildman–Crippen MR) is 72.3 cm³/mol. The molecule has 0 unspecified atom stereocenters. The number of fused-ring (bicyclic) bond motifs is 2. The Morgan fingerprint density at radius 1 is 1.37 bits per heavy atom. The Labute approximate surface area is 113 Å². The van der Waals surface area contributed by atoms with Crippen molar-refractivity contribution in [3.05, 3.63) is 53.7 Å². The zero-order chi connectivity index (χ0) is 12.8. The second-order valence-corrected chi connectivity index (χ2v) is 5.31. The van der Waals surface area contributed by atoms with E-state index in [1.807, 2.05) is 47.7 Å². The maximum atomic E-state index is 4.60. The highest BCUT2D eigenvalue weighted by Crippen LogP contribution is 2.14. The predicted octanol–water partition coefficient (Wildman–Crippen LogP) is 1.69. The minimum Gasteiger partial charge on any atom is -0.291 e. The molecule has 6 heteroatoms. The summed E-state index contributed by atoms with van der Waals surface area (Å²) in [5.74, 6) is 0.988. The minimum atomic E-state index is 0.721. The van der Waals surface area contributed by atoms with Crippen LogP contribution in [0, 0.1) is 6.92 Å². The molecule has 0 aliphatic carbocycles. The first-order chi connectivity index (χ1) is 9.33. The van der Waals surface area contributed by atoms with E-state index in [-0.39, 0.29) is 0 Å². The van der Waals surface area contributed by atoms with E-state index in [9.17, 15) is 0 Å². The third kappa shape index (κ3) is 1.57. The van der Waals surface area contributed by atoms with Crippen LogP contribution in [0.3, 0.4) is 0 Å². The van der Waals surface area contributed by atoms with Crippen molar-refractivity contribution >= 4 is 21.9 Å². The van der Waals surface area contributed by atoms with Crippen molar-refractivity contribution in [3.8, 4) is 0 Å². The molecule has 0 saturated carbocycles. The van der Waals surface area contributed by atoms with Gasteiger partial charge in [0.25, 0.3) is 11.5 Å². The number of nitrogens with zero attached hydrogens (tertiary/aromatic N) is 5. The molecule has 0 N–H and O–H groups in total. The van der Waals surface area contributed by atoms with Crippen LogP contribution in [0.2, 0.25) is 0 Å². The Kier molecular flexibility index (Phi) is 2.19. The third-order valence-corrected chi connectivity index (χ3v) is 4.02. The Hall–Kier alpha value is -2.21. The summed E-state index contributed by atoms with van der Waals surface area (Å²) in [4.78, 5) is 5.42. The van der Waals surface area contributed by atoms with Crippen LogP contribution in [0.15, 0.2) is 42.2 Å². The summed E-state index contributed by atoms with van der Waals surface area (Å²) in [5.41, 5.74) is 2.23. The minimum absolute atomic E-state index is 0.721. The molecule has 94 valence electrons. The van der Waals surface area contributed by atoms with Gasteiger partial charge in [0.15, 0.2) is 4.96 Å². The lowest BCUT2D eigenvalue weighted by Gasteiger charge is -1.94. The van der Waals surface area contributed by atoms with E-state index in [2.05, 4.69) is 25.0 Å². The molecule has 0 amide bonds. The van der Waals surface area contributed by atoms with Gasteiger partial charge in [-0.2, -0.15) is 0 Å². The molecule has 0 spiro atoms. The molecule has 5 nitrogen and oxygen atoms in total. The van der Waals surface area contributed by atoms with Gasteiger partial charge in [-0.25, -0.2) is 9.38 Å². The number of rotatable bonds is 2. The Bertz CT molecular complexity index is 869. The molecule has 19 heavy (non-hydrogen) atoms. The molecule has 0 atom stereocenters. The summed E-state index contributed by atoms with van der Waals surface area (Å²) >= 11 is 1.64. The molecule has 0 aliphatic heterocycles. The smallest absolute Gasteiger partial charge is 0.279 e. The fraction of sp³-hybridized carbons (Fsp3) is 0.154. The first-order valence-electron chi connectivity index (χ1n) is 6.06. The summed E-state index contributed by atoms with van der Waals surface area (Å²) < 4.78 is 6.21. The molecule has 0 radical (unpaired) electrons. The number of thiazole rings is 1. The van der Waals surface area contributed by atoms with Gasteiger partial charge >= 0.3 is 0 Å². The summed E-state index contributed by atoms with van der Waals surface area (Å²) in [5, 5.41) is 6.65. The monoisotopic (exact) mass is 270 g/mol. The fourth-order valence-corrected chi connectivity index (χ4v) is 3.06. The first kappa shape index (κ1) is 10.7. The lowest BCUT2D eigenvalue weighted by atomic mass is 10.4. The van der Waals surface area contributed by atoms with Crippen molar-refractivity contribution in [2.45, 2.75) is 13.5 Å². The van der Waals surface area contributed by atoms with Crippen LogP contribution >= 0.6 is 11.3 Å². The Morgan fingerprint density at radius 2 is 2.32 bits per heavy atom. The van der Waals surface area contributed by atoms with E-state index in [0.717, 1.165) is 28.7 Å². The lowest BCUT2D eigenvalue weighted by molar-refractivity contribution is -0.520. The largest absolute Gasteiger partial charge is 0.291 e. The zero-order valence-corrected chi connectivity index (χ0v) is 11.2. The average Bonchev–Trinajstić information content (AvgIpc) is 3.09. The van der Waals surface area contributed by atoms with Crippen LogP contribution in [0.5, 0.6) is 0 Å². The normalized spacial score (nSPS) is 11.6. The van der Waals surface area contributed by atoms with Gasteiger partial charge in [0.05, 0.1) is 18.1 Å². The number of aromatic nitrogens is 5. The Morgan fingerprint density at radius 3 is 3.26 bits per heavy atom. The molecule has 4 heterocycles. The lowest BCUT2D eigenvalue weighted by Crippen LogP contribution is -2.22. The molecular weight excluding hydrogens is 258 g/mol. The van der Waals surface area contributed by atoms with E-state index < -0.39 is 0 Å². The third-order valence-electron chi connectivity index (χ3n) is 3.25. The van der Waals surface area contributed by atoms with E-state index in [1.165, 1.54) is 0 Å². The van der Waals surface area contributed by atoms with Crippen LogP contribution in [0.1, 0.15) is 11.5 Å². The molecule has 4 rings (SSSR count). The summed E-state index contributed by atoms with van der Waals surface area (Å²) in [6, 6.07) is 6.12. The van der Waals surface area contributed by atoms with Gasteiger partial charge in [-0.3, -0.25) is 4.40 Å². The molecule has 4 aromatic heterocycles. The van der Waals surface area contributed by atoms with Gasteiger partial charge < -0.3 is 0 Å². The van der Waals surface area contributed by atoms with Crippen LogP contribution in [0.4, 0.5) is 0 Å². The second-order valence-electron chi connectivity index (χ2n) is 4.44. The number of imidazole rings is 1. The molecule has 4 aromatic rings. The standard InChI is InChI=1S/C13H12N5S/c1-10-15-18(12-4-2-3-5-16(10)12)9-11-8-14-13-17(11)6-7-19-13/h2-8H,9H2,1H3/q+1. The van der Waals surface area contributed by atoms with E-state index in [1.54, 1.807) is 11.3 Å². The van der Waals surface area contributed by atoms with Crippen molar-refractivity contribution in [1.82, 2.24) is 19.2 Å². The highest BCUT2D eigenvalue weighted by molar-refractivity contribution is 7.15. The van der Waals surface area contributed by atoms with Gasteiger partial charge in [-0.1, -0.05) is 6.07 Å². The topological polar surface area (TPSA) is 39.2 Å². The van der Waals surface area contributed by atoms with Gasteiger partial charge in [0.1, 0.15) is 6.54 Å². The maximum absolute atomic E-state index is 4.60. The Balaban J connectivity index is 1.85. The van der Waals surface area contributed by atoms with Gasteiger partial charge in [-0.05, 0) is 6.07 Å². The van der Waals surface area contributed by atoms with E-state index in [4.69, 9.17) is 0 Å². The summed E-state index contributed by atoms with van der Waals surface area (Å²) in [6.07, 6.45) is 6.00. The fourth-order valence-electron chi connectivity index (χ4n) is 2.35. The highest BCUT2D eigenvalue weighted by Gasteiger charge is 2.17. The second kappa shape index (κ2) is 3.89. The summed E-state index contributed by atoms with van der Waals surface area (Å²) in [7, 11) is 0. The quantitative estimate of drug-likeness (QED) is 0.520. The SMILES string of the molecule is Cc1nn(Cc2cnc3sccn23)c2cccc[n+]12. The number of hydrogen-bond acceptors (Lipinski definition) is 3. The number of hydrogen-bond donors (Lipinski definition) is 0. The highest BCUT2D eigenvalue weighted by atomic mass is 32.1. The van der Waals surface area contributed by atoms with Crippen LogP contribution in [-0.4, -0.2) is 19.2 Å². The average molecular weight is 270 g/mol. The molecule has 0 aliphatic rings. The van der Waals surface area contributed by atoms with Crippen LogP contribution in [0.25, 0.3) is 10.6 Å². The molecule has 0 aromatic carbocycles. The van der Waals surface area contributed by atoms with Crippen LogP contribution < -0.4 is 4.40 Å². The van der Waals surface area contributed by atoms with Gasteiger partial charge in [0.2, 0.25) is 0 Å². The number of aryl methyl sites for hydroxylation is 1. The van der Waals surface area contributed by atoms with Crippen LogP contribution in [-0.2, 0) is 6.54 Å². The van der Waals surface area contributed by atoms with Crippen molar-refractivity contribution in [2.24, 2.45) is 0 Å². The summed E-state index contributed by atoms with van der Waals surface area (Å²) in [6.45, 7) is 2.74. The van der Waals surface area contributed by atoms with Crippen molar-refractivity contribution < 1.29 is 4.40 Å². The molecular formula is C13H12N5S+. The van der Waals surface area contributed by atoms with Gasteiger partial charge in [-0.15, -0.1) is 16.0 Å². The van der Waals surface area contributed by atoms with Gasteiger partial charge in [0, 0.05) is 29.7 Å². The van der Waals surface area contributed by atoms with Crippen molar-refractivity contribution in [2.75, 3.05) is 0 Å². The zero-order valence-electron chi connectivity index (χ0n) is 10.4. The van der Waals surface area contributed by atoms with E-state index >= 15 is 0 Å². The first-order valence-corrected chi connectivity index (χ1v) is 6.94. The molecule has 0 fully saturated rings. The number of pyridine rings is 1. The molecule has 0 saturated heterocycles. The maximum Gasteiger partial charge on any atom is 0.279 e. The molecule has 0 bridgehead atoms. The van der Waals surface area contributed by atoms with Crippen molar-refractivity contribution in [3.63, 3.8) is 0 Å². The van der Waals surface area contributed by atoms with E-state index in [0.29, 0.717) is 0 Å².